The van der Waals surface area contributed by atoms with Crippen LogP contribution >= 0.6 is 0 Å². The van der Waals surface area contributed by atoms with Crippen molar-refractivity contribution in [3.8, 4) is 0 Å². The molecule has 3 rings (SSSR count). The number of nitrogens with zero attached hydrogens (tertiary/aromatic N) is 1. The Labute approximate surface area is 136 Å². The highest BCUT2D eigenvalue weighted by molar-refractivity contribution is 6.05. The molecule has 2 aromatic rings. The second-order valence-corrected chi connectivity index (χ2v) is 6.47. The summed E-state index contributed by atoms with van der Waals surface area (Å²) in [4.78, 5) is 25.5. The van der Waals surface area contributed by atoms with E-state index in [-0.39, 0.29) is 23.1 Å². The first-order valence-electron chi connectivity index (χ1n) is 8.00. The molecular formula is C19H22N2O2. The highest BCUT2D eigenvalue weighted by Crippen LogP contribution is 2.34. The Balaban J connectivity index is 2.03. The number of carbonyl (C=O) groups excluding carboxylic acids is 1. The molecule has 23 heavy (non-hydrogen) atoms. The fourth-order valence-corrected chi connectivity index (χ4v) is 3.15. The molecule has 0 aliphatic heterocycles. The summed E-state index contributed by atoms with van der Waals surface area (Å²) in [5.41, 5.74) is 4.51. The van der Waals surface area contributed by atoms with Crippen LogP contribution in [0.25, 0.3) is 0 Å². The fraction of sp³-hybridized carbons (Fsp3) is 0.368. The number of benzene rings is 1. The number of carbonyl (C=O) groups is 1. The monoisotopic (exact) mass is 310 g/mol. The van der Waals surface area contributed by atoms with E-state index in [0.29, 0.717) is 0 Å². The molecular weight excluding hydrogens is 288 g/mol. The summed E-state index contributed by atoms with van der Waals surface area (Å²) in [6, 6.07) is 8.05. The van der Waals surface area contributed by atoms with Gasteiger partial charge in [0, 0.05) is 17.4 Å². The van der Waals surface area contributed by atoms with Gasteiger partial charge >= 0.3 is 0 Å². The maximum atomic E-state index is 12.8. The smallest absolute Gasteiger partial charge is 0.264 e. The Morgan fingerprint density at radius 2 is 1.70 bits per heavy atom. The van der Waals surface area contributed by atoms with Gasteiger partial charge in [-0.25, -0.2) is 0 Å². The van der Waals surface area contributed by atoms with Gasteiger partial charge in [0.15, 0.2) is 0 Å². The second-order valence-electron chi connectivity index (χ2n) is 6.47. The zero-order valence-electron chi connectivity index (χ0n) is 14.1. The van der Waals surface area contributed by atoms with Gasteiger partial charge in [0.1, 0.15) is 5.56 Å². The van der Waals surface area contributed by atoms with Crippen LogP contribution in [0.4, 0.5) is 5.69 Å². The van der Waals surface area contributed by atoms with E-state index in [1.165, 1.54) is 0 Å². The van der Waals surface area contributed by atoms with E-state index < -0.39 is 0 Å². The first kappa shape index (κ1) is 15.5. The molecule has 1 heterocycles. The molecule has 0 radical (unpaired) electrons. The van der Waals surface area contributed by atoms with Crippen molar-refractivity contribution in [1.82, 2.24) is 4.57 Å². The Morgan fingerprint density at radius 3 is 2.26 bits per heavy atom. The van der Waals surface area contributed by atoms with E-state index in [1.807, 2.05) is 52.0 Å². The van der Waals surface area contributed by atoms with Crippen LogP contribution in [-0.2, 0) is 0 Å². The second kappa shape index (κ2) is 5.69. The summed E-state index contributed by atoms with van der Waals surface area (Å²) in [6.45, 7) is 7.66. The average molecular weight is 310 g/mol. The number of hydrogen-bond acceptors (Lipinski definition) is 2. The zero-order valence-corrected chi connectivity index (χ0v) is 14.1. The maximum absolute atomic E-state index is 12.8. The molecule has 1 aromatic carbocycles. The lowest BCUT2D eigenvalue weighted by Crippen LogP contribution is -2.31. The van der Waals surface area contributed by atoms with E-state index >= 15 is 0 Å². The lowest BCUT2D eigenvalue weighted by Gasteiger charge is -2.15. The van der Waals surface area contributed by atoms with E-state index in [4.69, 9.17) is 0 Å². The molecule has 1 aromatic heterocycles. The van der Waals surface area contributed by atoms with Gasteiger partial charge in [-0.3, -0.25) is 9.59 Å². The van der Waals surface area contributed by atoms with Gasteiger partial charge < -0.3 is 9.88 Å². The molecule has 4 heteroatoms. The molecule has 4 nitrogen and oxygen atoms in total. The number of nitrogens with one attached hydrogen (secondary N) is 1. The van der Waals surface area contributed by atoms with Crippen molar-refractivity contribution in [2.24, 2.45) is 0 Å². The predicted octanol–water partition coefficient (Wildman–Crippen LogP) is 3.67. The summed E-state index contributed by atoms with van der Waals surface area (Å²) in [7, 11) is 0. The van der Waals surface area contributed by atoms with Crippen molar-refractivity contribution < 1.29 is 4.79 Å². The summed E-state index contributed by atoms with van der Waals surface area (Å²) in [5, 5.41) is 2.93. The van der Waals surface area contributed by atoms with Crippen LogP contribution in [-0.4, -0.2) is 10.5 Å². The predicted molar refractivity (Wildman–Crippen MR) is 92.3 cm³/mol. The number of pyridine rings is 1. The minimum Gasteiger partial charge on any atom is -0.321 e. The summed E-state index contributed by atoms with van der Waals surface area (Å²) in [6.07, 6.45) is 2.03. The molecule has 1 aliphatic carbocycles. The number of amides is 1. The fourth-order valence-electron chi connectivity index (χ4n) is 3.15. The third-order valence-corrected chi connectivity index (χ3v) is 4.49. The standard InChI is InChI=1S/C19H22N2O2/c1-11-6-5-7-12(2)17(11)20-18(22)16-13(3)10-14(4)21(19(16)23)15-8-9-15/h5-7,10,15H,8-9H2,1-4H3,(H,20,22). The van der Waals surface area contributed by atoms with Crippen molar-refractivity contribution in [2.75, 3.05) is 5.32 Å². The molecule has 0 saturated heterocycles. The first-order chi connectivity index (χ1) is 10.9. The van der Waals surface area contributed by atoms with Gasteiger partial charge in [-0.05, 0) is 63.3 Å². The van der Waals surface area contributed by atoms with Crippen LogP contribution in [0.5, 0.6) is 0 Å². The molecule has 1 saturated carbocycles. The molecule has 1 aliphatic rings. The number of hydrogen-bond donors (Lipinski definition) is 1. The Morgan fingerprint density at radius 1 is 1.09 bits per heavy atom. The van der Waals surface area contributed by atoms with E-state index in [1.54, 1.807) is 4.57 Å². The van der Waals surface area contributed by atoms with Gasteiger partial charge in [-0.15, -0.1) is 0 Å². The number of aryl methyl sites for hydroxylation is 4. The normalized spacial score (nSPS) is 13.9. The lowest BCUT2D eigenvalue weighted by molar-refractivity contribution is 0.102. The molecule has 1 N–H and O–H groups in total. The van der Waals surface area contributed by atoms with Crippen molar-refractivity contribution in [3.63, 3.8) is 0 Å². The highest BCUT2D eigenvalue weighted by Gasteiger charge is 2.28. The van der Waals surface area contributed by atoms with Gasteiger partial charge in [-0.1, -0.05) is 18.2 Å². The molecule has 120 valence electrons. The Bertz CT molecular complexity index is 825. The molecule has 0 atom stereocenters. The highest BCUT2D eigenvalue weighted by atomic mass is 16.2. The third-order valence-electron chi connectivity index (χ3n) is 4.49. The van der Waals surface area contributed by atoms with Crippen molar-refractivity contribution >= 4 is 11.6 Å². The van der Waals surface area contributed by atoms with Crippen LogP contribution in [0.2, 0.25) is 0 Å². The summed E-state index contributed by atoms with van der Waals surface area (Å²) < 4.78 is 1.77. The largest absolute Gasteiger partial charge is 0.321 e. The quantitative estimate of drug-likeness (QED) is 0.940. The van der Waals surface area contributed by atoms with Gasteiger partial charge in [0.2, 0.25) is 0 Å². The lowest BCUT2D eigenvalue weighted by atomic mass is 10.1. The maximum Gasteiger partial charge on any atom is 0.264 e. The zero-order chi connectivity index (χ0) is 16.7. The average Bonchev–Trinajstić information content (AvgIpc) is 3.27. The minimum atomic E-state index is -0.320. The SMILES string of the molecule is Cc1cccc(C)c1NC(=O)c1c(C)cc(C)n(C2CC2)c1=O. The molecule has 0 bridgehead atoms. The van der Waals surface area contributed by atoms with Crippen molar-refractivity contribution in [3.05, 3.63) is 62.6 Å². The number of anilines is 1. The van der Waals surface area contributed by atoms with Crippen molar-refractivity contribution in [2.45, 2.75) is 46.6 Å². The Hall–Kier alpha value is -2.36. The molecule has 0 spiro atoms. The van der Waals surface area contributed by atoms with Crippen LogP contribution in [0.1, 0.15) is 51.6 Å². The van der Waals surface area contributed by atoms with E-state index in [0.717, 1.165) is 40.9 Å². The molecule has 1 amide bonds. The van der Waals surface area contributed by atoms with Crippen LogP contribution < -0.4 is 10.9 Å². The van der Waals surface area contributed by atoms with Gasteiger partial charge in [0.25, 0.3) is 11.5 Å². The topological polar surface area (TPSA) is 51.1 Å². The summed E-state index contributed by atoms with van der Waals surface area (Å²) in [5.74, 6) is -0.320. The van der Waals surface area contributed by atoms with E-state index in [9.17, 15) is 9.59 Å². The van der Waals surface area contributed by atoms with E-state index in [2.05, 4.69) is 5.32 Å². The van der Waals surface area contributed by atoms with Crippen LogP contribution in [0.15, 0.2) is 29.1 Å². The number of rotatable bonds is 3. The molecule has 1 fully saturated rings. The van der Waals surface area contributed by atoms with Crippen LogP contribution in [0, 0.1) is 27.7 Å². The number of aromatic nitrogens is 1. The minimum absolute atomic E-state index is 0.172. The third kappa shape index (κ3) is 2.81. The van der Waals surface area contributed by atoms with Crippen LogP contribution in [0.3, 0.4) is 0 Å². The number of para-hydroxylation sites is 1. The summed E-state index contributed by atoms with van der Waals surface area (Å²) >= 11 is 0. The van der Waals surface area contributed by atoms with Gasteiger partial charge in [0.05, 0.1) is 0 Å². The molecule has 0 unspecified atom stereocenters. The van der Waals surface area contributed by atoms with Crippen molar-refractivity contribution in [1.29, 1.82) is 0 Å². The Kier molecular flexibility index (Phi) is 3.84. The first-order valence-corrected chi connectivity index (χ1v) is 8.00. The van der Waals surface area contributed by atoms with Gasteiger partial charge in [-0.2, -0.15) is 0 Å².